The second-order valence-corrected chi connectivity index (χ2v) is 5.45. The van der Waals surface area contributed by atoms with E-state index in [1.165, 1.54) is 10.6 Å². The molecule has 0 amide bonds. The van der Waals surface area contributed by atoms with Crippen LogP contribution in [0.2, 0.25) is 5.02 Å². The van der Waals surface area contributed by atoms with E-state index < -0.39 is 5.97 Å². The van der Waals surface area contributed by atoms with Gasteiger partial charge in [-0.1, -0.05) is 23.7 Å². The van der Waals surface area contributed by atoms with Crippen LogP contribution in [0.4, 0.5) is 0 Å². The fourth-order valence-electron chi connectivity index (χ4n) is 2.22. The number of rotatable bonds is 3. The van der Waals surface area contributed by atoms with Gasteiger partial charge in [-0.15, -0.1) is 0 Å². The minimum atomic E-state index is -0.560. The summed E-state index contributed by atoms with van der Waals surface area (Å²) in [5.74, 6) is -0.560. The zero-order valence-electron chi connectivity index (χ0n) is 12.6. The maximum atomic E-state index is 12.2. The maximum absolute atomic E-state index is 12.2. The molecule has 1 aromatic carbocycles. The van der Waals surface area contributed by atoms with E-state index >= 15 is 0 Å². The van der Waals surface area contributed by atoms with E-state index in [9.17, 15) is 9.59 Å². The lowest BCUT2D eigenvalue weighted by Crippen LogP contribution is -2.10. The van der Waals surface area contributed by atoms with E-state index in [1.807, 2.05) is 19.1 Å². The van der Waals surface area contributed by atoms with Crippen LogP contribution in [0.15, 0.2) is 35.3 Å². The van der Waals surface area contributed by atoms with Gasteiger partial charge in [0.15, 0.2) is 5.69 Å². The number of nitrogens with one attached hydrogen (secondary N) is 1. The Hall–Kier alpha value is -2.60. The lowest BCUT2D eigenvalue weighted by atomic mass is 10.1. The van der Waals surface area contributed by atoms with Crippen molar-refractivity contribution < 1.29 is 9.53 Å². The molecular formula is C16H14ClN3O3. The number of nitrogens with zero attached hydrogens (tertiary/aromatic N) is 2. The van der Waals surface area contributed by atoms with Crippen LogP contribution < -0.4 is 5.56 Å². The van der Waals surface area contributed by atoms with Gasteiger partial charge in [0.25, 0.3) is 5.56 Å². The Morgan fingerprint density at radius 3 is 2.87 bits per heavy atom. The molecule has 0 spiro atoms. The Bertz CT molecular complexity index is 959. The minimum absolute atomic E-state index is 0.0939. The van der Waals surface area contributed by atoms with Crippen LogP contribution in [0.1, 0.15) is 23.0 Å². The molecule has 118 valence electrons. The summed E-state index contributed by atoms with van der Waals surface area (Å²) < 4.78 is 6.27. The van der Waals surface area contributed by atoms with Crippen molar-refractivity contribution in [2.24, 2.45) is 0 Å². The number of carbonyl (C=O) groups is 1. The molecule has 2 heterocycles. The summed E-state index contributed by atoms with van der Waals surface area (Å²) in [6.45, 7) is 3.85. The van der Waals surface area contributed by atoms with Gasteiger partial charge in [-0.3, -0.25) is 4.79 Å². The van der Waals surface area contributed by atoms with Crippen molar-refractivity contribution >= 4 is 23.1 Å². The molecule has 0 aliphatic rings. The van der Waals surface area contributed by atoms with Crippen molar-refractivity contribution in [3.63, 3.8) is 0 Å². The van der Waals surface area contributed by atoms with Crippen LogP contribution >= 0.6 is 11.6 Å². The zero-order chi connectivity index (χ0) is 16.6. The van der Waals surface area contributed by atoms with Crippen LogP contribution in [0.5, 0.6) is 0 Å². The zero-order valence-corrected chi connectivity index (χ0v) is 13.3. The van der Waals surface area contributed by atoms with Crippen LogP contribution in [0.25, 0.3) is 16.8 Å². The van der Waals surface area contributed by atoms with Crippen molar-refractivity contribution in [1.29, 1.82) is 0 Å². The first-order valence-electron chi connectivity index (χ1n) is 7.06. The molecule has 0 radical (unpaired) electrons. The van der Waals surface area contributed by atoms with Crippen LogP contribution in [-0.4, -0.2) is 27.2 Å². The monoisotopic (exact) mass is 331 g/mol. The maximum Gasteiger partial charge on any atom is 0.358 e. The van der Waals surface area contributed by atoms with E-state index in [4.69, 9.17) is 16.3 Å². The van der Waals surface area contributed by atoms with Gasteiger partial charge in [0, 0.05) is 16.7 Å². The van der Waals surface area contributed by atoms with Gasteiger partial charge >= 0.3 is 5.97 Å². The van der Waals surface area contributed by atoms with Gasteiger partial charge in [0.1, 0.15) is 5.52 Å². The highest BCUT2D eigenvalue weighted by Crippen LogP contribution is 2.23. The van der Waals surface area contributed by atoms with Gasteiger partial charge in [0.2, 0.25) is 0 Å². The van der Waals surface area contributed by atoms with E-state index in [-0.39, 0.29) is 23.4 Å². The fraction of sp³-hybridized carbons (Fsp3) is 0.188. The molecule has 0 aliphatic carbocycles. The molecule has 0 unspecified atom stereocenters. The molecular weight excluding hydrogens is 318 g/mol. The summed E-state index contributed by atoms with van der Waals surface area (Å²) in [4.78, 5) is 26.7. The summed E-state index contributed by atoms with van der Waals surface area (Å²) in [6.07, 6.45) is 1.64. The van der Waals surface area contributed by atoms with Gasteiger partial charge < -0.3 is 9.72 Å². The summed E-state index contributed by atoms with van der Waals surface area (Å²) in [5.41, 5.74) is 2.28. The highest BCUT2D eigenvalue weighted by Gasteiger charge is 2.14. The number of halogens is 1. The first kappa shape index (κ1) is 15.3. The summed E-state index contributed by atoms with van der Waals surface area (Å²) in [5, 5.41) is 4.71. The topological polar surface area (TPSA) is 76.5 Å². The number of ether oxygens (including phenoxy) is 1. The third-order valence-corrected chi connectivity index (χ3v) is 3.84. The molecule has 0 aliphatic heterocycles. The van der Waals surface area contributed by atoms with E-state index in [2.05, 4.69) is 10.1 Å². The second kappa shape index (κ2) is 5.89. The van der Waals surface area contributed by atoms with Gasteiger partial charge in [-0.2, -0.15) is 5.10 Å². The van der Waals surface area contributed by atoms with Crippen LogP contribution in [0.3, 0.4) is 0 Å². The lowest BCUT2D eigenvalue weighted by Gasteiger charge is -2.05. The first-order chi connectivity index (χ1) is 11.0. The number of aromatic amines is 1. The predicted molar refractivity (Wildman–Crippen MR) is 87.0 cm³/mol. The Balaban J connectivity index is 2.11. The number of fused-ring (bicyclic) bond motifs is 1. The van der Waals surface area contributed by atoms with Crippen LogP contribution in [-0.2, 0) is 4.74 Å². The molecule has 0 saturated carbocycles. The second-order valence-electron chi connectivity index (χ2n) is 5.04. The van der Waals surface area contributed by atoms with Crippen molar-refractivity contribution in [3.8, 4) is 11.3 Å². The van der Waals surface area contributed by atoms with Crippen molar-refractivity contribution in [1.82, 2.24) is 14.6 Å². The highest BCUT2D eigenvalue weighted by molar-refractivity contribution is 6.31. The normalized spacial score (nSPS) is 10.9. The molecule has 0 atom stereocenters. The van der Waals surface area contributed by atoms with Gasteiger partial charge in [0.05, 0.1) is 18.5 Å². The molecule has 2 aromatic heterocycles. The third-order valence-electron chi connectivity index (χ3n) is 3.44. The van der Waals surface area contributed by atoms with Crippen molar-refractivity contribution in [2.45, 2.75) is 13.8 Å². The minimum Gasteiger partial charge on any atom is -0.461 e. The number of benzene rings is 1. The Morgan fingerprint density at radius 2 is 2.17 bits per heavy atom. The number of H-pyrrole nitrogens is 1. The average molecular weight is 332 g/mol. The Kier molecular flexibility index (Phi) is 3.92. The molecule has 23 heavy (non-hydrogen) atoms. The largest absolute Gasteiger partial charge is 0.461 e. The van der Waals surface area contributed by atoms with E-state index in [0.717, 1.165) is 11.1 Å². The Morgan fingerprint density at radius 1 is 1.39 bits per heavy atom. The van der Waals surface area contributed by atoms with Crippen LogP contribution in [0, 0.1) is 6.92 Å². The lowest BCUT2D eigenvalue weighted by molar-refractivity contribution is 0.0519. The SMILES string of the molecule is CCOC(=O)c1cc2c(=O)[nH]c(-c3ccc(C)c(Cl)c3)cn2n1. The summed E-state index contributed by atoms with van der Waals surface area (Å²) >= 11 is 6.13. The van der Waals surface area contributed by atoms with E-state index in [0.29, 0.717) is 10.7 Å². The molecule has 6 nitrogen and oxygen atoms in total. The van der Waals surface area contributed by atoms with Gasteiger partial charge in [-0.05, 0) is 25.5 Å². The number of esters is 1. The standard InChI is InChI=1S/C16H14ClN3O3/c1-3-23-16(22)12-7-14-15(21)18-13(8-20(14)19-12)10-5-4-9(2)11(17)6-10/h4-8H,3H2,1-2H3,(H,18,21). The molecule has 3 rings (SSSR count). The molecule has 7 heteroatoms. The molecule has 0 saturated heterocycles. The van der Waals surface area contributed by atoms with E-state index in [1.54, 1.807) is 19.2 Å². The quantitative estimate of drug-likeness (QED) is 0.749. The fourth-order valence-corrected chi connectivity index (χ4v) is 2.40. The summed E-state index contributed by atoms with van der Waals surface area (Å²) in [7, 11) is 0. The first-order valence-corrected chi connectivity index (χ1v) is 7.43. The Labute approximate surface area is 136 Å². The number of hydrogen-bond acceptors (Lipinski definition) is 4. The van der Waals surface area contributed by atoms with Gasteiger partial charge in [-0.25, -0.2) is 9.31 Å². The van der Waals surface area contributed by atoms with Crippen molar-refractivity contribution in [2.75, 3.05) is 6.61 Å². The molecule has 3 aromatic rings. The number of carbonyl (C=O) groups excluding carboxylic acids is 1. The highest BCUT2D eigenvalue weighted by atomic mass is 35.5. The average Bonchev–Trinajstić information content (AvgIpc) is 2.95. The predicted octanol–water partition coefficient (Wildman–Crippen LogP) is 2.83. The summed E-state index contributed by atoms with van der Waals surface area (Å²) in [6, 6.07) is 6.90. The number of aryl methyl sites for hydroxylation is 1. The molecule has 0 bridgehead atoms. The number of hydrogen-bond donors (Lipinski definition) is 1. The molecule has 0 fully saturated rings. The third kappa shape index (κ3) is 2.85. The van der Waals surface area contributed by atoms with Crippen molar-refractivity contribution in [3.05, 3.63) is 57.1 Å². The molecule has 1 N–H and O–H groups in total. The smallest absolute Gasteiger partial charge is 0.358 e. The number of aromatic nitrogens is 3.